The summed E-state index contributed by atoms with van der Waals surface area (Å²) in [5.41, 5.74) is -3.21. The van der Waals surface area contributed by atoms with Crippen LogP contribution >= 0.6 is 0 Å². The maximum absolute atomic E-state index is 13.6. The number of hydrogen-bond donors (Lipinski definition) is 0. The highest BCUT2D eigenvalue weighted by Crippen LogP contribution is 2.40. The number of ketones is 2. The normalized spacial score (nSPS) is 14.9. The summed E-state index contributed by atoms with van der Waals surface area (Å²) < 4.78 is 6.67. The summed E-state index contributed by atoms with van der Waals surface area (Å²) in [5.74, 6) is -1.95. The number of benzene rings is 2. The van der Waals surface area contributed by atoms with Crippen LogP contribution in [-0.2, 0) is 5.54 Å². The second kappa shape index (κ2) is 5.97. The number of rotatable bonds is 2. The van der Waals surface area contributed by atoms with Crippen molar-refractivity contribution in [2.75, 3.05) is 0 Å². The second-order valence-corrected chi connectivity index (χ2v) is 6.79. The molecule has 6 heteroatoms. The van der Waals surface area contributed by atoms with Crippen LogP contribution in [0.1, 0.15) is 26.3 Å². The number of fused-ring (bicyclic) bond motifs is 2. The molecule has 2 aromatic heterocycles. The van der Waals surface area contributed by atoms with Crippen molar-refractivity contribution in [3.8, 4) is 5.75 Å². The van der Waals surface area contributed by atoms with Gasteiger partial charge in [0.1, 0.15) is 11.1 Å². The summed E-state index contributed by atoms with van der Waals surface area (Å²) in [7, 11) is 0. The summed E-state index contributed by atoms with van der Waals surface area (Å²) in [4.78, 5) is 40.2. The third-order valence-electron chi connectivity index (χ3n) is 5.30. The first-order chi connectivity index (χ1) is 14.1. The number of hydrogen-bond acceptors (Lipinski definition) is 5. The smallest absolute Gasteiger partial charge is 0.346 e. The van der Waals surface area contributed by atoms with E-state index in [0.717, 1.165) is 0 Å². The fourth-order valence-electron chi connectivity index (χ4n) is 4.02. The van der Waals surface area contributed by atoms with Crippen LogP contribution in [0.5, 0.6) is 5.75 Å². The van der Waals surface area contributed by atoms with E-state index in [1.54, 1.807) is 42.5 Å². The zero-order chi connectivity index (χ0) is 20.2. The predicted molar refractivity (Wildman–Crippen MR) is 101 cm³/mol. The molecule has 29 heavy (non-hydrogen) atoms. The molecule has 0 fully saturated rings. The largest absolute Gasteiger partial charge is 0.871 e. The third-order valence-corrected chi connectivity index (χ3v) is 5.30. The summed E-state index contributed by atoms with van der Waals surface area (Å²) in [5, 5.41) is 13.5. The number of aromatic nitrogens is 1. The maximum Gasteiger partial charge on any atom is 0.346 e. The molecule has 0 saturated heterocycles. The highest BCUT2D eigenvalue weighted by atomic mass is 16.4. The molecule has 0 amide bonds. The van der Waals surface area contributed by atoms with Crippen LogP contribution < -0.4 is 15.3 Å². The van der Waals surface area contributed by atoms with Crippen molar-refractivity contribution in [1.29, 1.82) is 0 Å². The molecule has 2 aromatic carbocycles. The van der Waals surface area contributed by atoms with Gasteiger partial charge in [-0.05, 0) is 6.07 Å². The second-order valence-electron chi connectivity index (χ2n) is 6.79. The van der Waals surface area contributed by atoms with Gasteiger partial charge in [-0.15, -0.1) is 0 Å². The molecule has 0 spiro atoms. The van der Waals surface area contributed by atoms with Crippen molar-refractivity contribution in [2.45, 2.75) is 5.54 Å². The Labute approximate surface area is 164 Å². The molecular weight excluding hydrogens is 370 g/mol. The molecule has 0 unspecified atom stereocenters. The van der Waals surface area contributed by atoms with E-state index in [-0.39, 0.29) is 22.1 Å². The predicted octanol–water partition coefficient (Wildman–Crippen LogP) is 1.98. The molecular formula is C23H13NO5. The SMILES string of the molecule is O=C1c2ccccc2C(=O)C1(c1c([O-])c2ccccc2oc1=O)[n+]1ccccc1. The van der Waals surface area contributed by atoms with E-state index in [9.17, 15) is 19.5 Å². The molecule has 0 N–H and O–H groups in total. The molecule has 5 rings (SSSR count). The Morgan fingerprint density at radius 2 is 1.34 bits per heavy atom. The van der Waals surface area contributed by atoms with Crippen molar-refractivity contribution in [3.05, 3.63) is 106 Å². The van der Waals surface area contributed by atoms with E-state index in [1.165, 1.54) is 41.2 Å². The Bertz CT molecular complexity index is 1340. The Morgan fingerprint density at radius 1 is 0.759 bits per heavy atom. The molecule has 0 radical (unpaired) electrons. The number of carbonyl (C=O) groups excluding carboxylic acids is 2. The average molecular weight is 383 g/mol. The van der Waals surface area contributed by atoms with Gasteiger partial charge in [0.15, 0.2) is 12.4 Å². The summed E-state index contributed by atoms with van der Waals surface area (Å²) in [6, 6.07) is 17.5. The number of para-hydroxylation sites is 1. The Kier molecular flexibility index (Phi) is 3.51. The van der Waals surface area contributed by atoms with E-state index in [2.05, 4.69) is 0 Å². The number of nitrogens with zero attached hydrogens (tertiary/aromatic N) is 1. The standard InChI is InChI=1S/C23H13NO5/c25-19-16-10-4-5-11-17(16)29-22(28)18(19)23(24-12-6-1-7-13-24)20(26)14-8-2-3-9-15(14)21(23)27/h1-13H. The van der Waals surface area contributed by atoms with Crippen LogP contribution in [0.4, 0.5) is 0 Å². The maximum atomic E-state index is 13.6. The lowest BCUT2D eigenvalue weighted by Crippen LogP contribution is -2.65. The lowest BCUT2D eigenvalue weighted by atomic mass is 9.84. The first-order valence-corrected chi connectivity index (χ1v) is 8.95. The van der Waals surface area contributed by atoms with Crippen LogP contribution in [0.3, 0.4) is 0 Å². The van der Waals surface area contributed by atoms with Gasteiger partial charge in [-0.2, -0.15) is 4.57 Å². The molecule has 4 aromatic rings. The van der Waals surface area contributed by atoms with Gasteiger partial charge >= 0.3 is 11.2 Å². The van der Waals surface area contributed by atoms with Gasteiger partial charge in [-0.1, -0.05) is 54.3 Å². The van der Waals surface area contributed by atoms with Crippen LogP contribution in [-0.4, -0.2) is 11.6 Å². The van der Waals surface area contributed by atoms with Gasteiger partial charge in [0.05, 0.1) is 0 Å². The first kappa shape index (κ1) is 17.1. The van der Waals surface area contributed by atoms with E-state index >= 15 is 0 Å². The molecule has 0 atom stereocenters. The van der Waals surface area contributed by atoms with E-state index in [1.807, 2.05) is 0 Å². The van der Waals surface area contributed by atoms with E-state index < -0.39 is 34.0 Å². The zero-order valence-electron chi connectivity index (χ0n) is 15.0. The van der Waals surface area contributed by atoms with Gasteiger partial charge in [0.2, 0.25) is 11.6 Å². The lowest BCUT2D eigenvalue weighted by Gasteiger charge is -2.25. The minimum absolute atomic E-state index is 0.106. The molecule has 6 nitrogen and oxygen atoms in total. The molecule has 0 bridgehead atoms. The van der Waals surface area contributed by atoms with E-state index in [0.29, 0.717) is 0 Å². The number of Topliss-reactive ketones (excluding diaryl/α,β-unsaturated/α-hetero) is 2. The summed E-state index contributed by atoms with van der Waals surface area (Å²) >= 11 is 0. The Hall–Kier alpha value is -4.06. The van der Waals surface area contributed by atoms with Crippen LogP contribution in [0.25, 0.3) is 11.0 Å². The van der Waals surface area contributed by atoms with Gasteiger partial charge in [0, 0.05) is 28.6 Å². The minimum Gasteiger partial charge on any atom is -0.871 e. The van der Waals surface area contributed by atoms with Crippen molar-refractivity contribution >= 4 is 22.5 Å². The van der Waals surface area contributed by atoms with Gasteiger partial charge < -0.3 is 9.52 Å². The number of carbonyl (C=O) groups is 2. The lowest BCUT2D eigenvalue weighted by molar-refractivity contribution is -0.721. The molecule has 0 saturated carbocycles. The van der Waals surface area contributed by atoms with Crippen molar-refractivity contribution in [1.82, 2.24) is 0 Å². The Morgan fingerprint density at radius 3 is 2.00 bits per heavy atom. The van der Waals surface area contributed by atoms with Crippen LogP contribution in [0.2, 0.25) is 0 Å². The fraction of sp³-hybridized carbons (Fsp3) is 0.0435. The van der Waals surface area contributed by atoms with E-state index in [4.69, 9.17) is 4.42 Å². The summed E-state index contributed by atoms with van der Waals surface area (Å²) in [6.45, 7) is 0. The zero-order valence-corrected chi connectivity index (χ0v) is 15.0. The van der Waals surface area contributed by atoms with Gasteiger partial charge in [0.25, 0.3) is 0 Å². The molecule has 1 aliphatic carbocycles. The monoisotopic (exact) mass is 383 g/mol. The Balaban J connectivity index is 1.96. The highest BCUT2D eigenvalue weighted by Gasteiger charge is 2.64. The molecule has 140 valence electrons. The summed E-state index contributed by atoms with van der Waals surface area (Å²) in [6.07, 6.45) is 2.99. The molecule has 1 aliphatic rings. The third kappa shape index (κ3) is 2.11. The van der Waals surface area contributed by atoms with Crippen molar-refractivity contribution in [2.24, 2.45) is 0 Å². The topological polar surface area (TPSA) is 91.3 Å². The van der Waals surface area contributed by atoms with Crippen LogP contribution in [0.15, 0.2) is 88.3 Å². The van der Waals surface area contributed by atoms with Crippen molar-refractivity contribution < 1.29 is 23.7 Å². The van der Waals surface area contributed by atoms with Crippen molar-refractivity contribution in [3.63, 3.8) is 0 Å². The first-order valence-electron chi connectivity index (χ1n) is 8.95. The number of pyridine rings is 1. The average Bonchev–Trinajstić information content (AvgIpc) is 2.97. The molecule has 0 aliphatic heterocycles. The molecule has 2 heterocycles. The fourth-order valence-corrected chi connectivity index (χ4v) is 4.02. The minimum atomic E-state index is -2.15. The van der Waals surface area contributed by atoms with Crippen LogP contribution in [0, 0.1) is 0 Å². The van der Waals surface area contributed by atoms with Gasteiger partial charge in [-0.25, -0.2) is 4.79 Å². The van der Waals surface area contributed by atoms with Gasteiger partial charge in [-0.3, -0.25) is 9.59 Å². The highest BCUT2D eigenvalue weighted by molar-refractivity contribution is 6.32. The quantitative estimate of drug-likeness (QED) is 0.300.